The molecule has 1 atom stereocenters. The quantitative estimate of drug-likeness (QED) is 0.885. The number of aryl methyl sites for hydroxylation is 1. The van der Waals surface area contributed by atoms with Crippen LogP contribution < -0.4 is 4.72 Å². The van der Waals surface area contributed by atoms with Crippen molar-refractivity contribution in [2.45, 2.75) is 37.5 Å². The maximum atomic E-state index is 12.3. The van der Waals surface area contributed by atoms with Crippen molar-refractivity contribution in [3.8, 4) is 6.07 Å². The average molecular weight is 336 g/mol. The third-order valence-electron chi connectivity index (χ3n) is 3.89. The fourth-order valence-corrected chi connectivity index (χ4v) is 3.87. The summed E-state index contributed by atoms with van der Waals surface area (Å²) in [5.74, 6) is -0.224. The Morgan fingerprint density at radius 2 is 2.26 bits per heavy atom. The van der Waals surface area contributed by atoms with Gasteiger partial charge < -0.3 is 4.74 Å². The van der Waals surface area contributed by atoms with Crippen LogP contribution in [0.25, 0.3) is 0 Å². The van der Waals surface area contributed by atoms with Gasteiger partial charge in [-0.15, -0.1) is 0 Å². The predicted octanol–water partition coefficient (Wildman–Crippen LogP) is 1.88. The van der Waals surface area contributed by atoms with Gasteiger partial charge in [-0.05, 0) is 49.8 Å². The van der Waals surface area contributed by atoms with Crippen molar-refractivity contribution < 1.29 is 17.9 Å². The number of carbonyl (C=O) groups is 1. The summed E-state index contributed by atoms with van der Waals surface area (Å²) in [5, 5.41) is 8.88. The minimum Gasteiger partial charge on any atom is -0.381 e. The summed E-state index contributed by atoms with van der Waals surface area (Å²) in [4.78, 5) is 11.9. The fourth-order valence-electron chi connectivity index (χ4n) is 2.59. The van der Waals surface area contributed by atoms with E-state index in [1.807, 2.05) is 6.07 Å². The van der Waals surface area contributed by atoms with Crippen LogP contribution >= 0.6 is 0 Å². The van der Waals surface area contributed by atoms with Gasteiger partial charge in [0.2, 0.25) is 5.91 Å². The second-order valence-corrected chi connectivity index (χ2v) is 7.39. The van der Waals surface area contributed by atoms with Crippen molar-refractivity contribution in [1.82, 2.24) is 4.72 Å². The first-order chi connectivity index (χ1) is 10.9. The number of amides is 1. The molecule has 1 aromatic rings. The molecule has 1 aliphatic rings. The Hall–Kier alpha value is -1.91. The van der Waals surface area contributed by atoms with Crippen molar-refractivity contribution >= 4 is 15.9 Å². The number of hydrogen-bond donors (Lipinski definition) is 1. The van der Waals surface area contributed by atoms with E-state index in [1.165, 1.54) is 6.07 Å². The number of nitrogens with zero attached hydrogens (tertiary/aromatic N) is 1. The lowest BCUT2D eigenvalue weighted by molar-refractivity contribution is -0.119. The molecule has 7 heteroatoms. The van der Waals surface area contributed by atoms with Gasteiger partial charge in [-0.25, -0.2) is 13.1 Å². The maximum Gasteiger partial charge on any atom is 0.264 e. The van der Waals surface area contributed by atoms with Gasteiger partial charge in [-0.3, -0.25) is 4.79 Å². The summed E-state index contributed by atoms with van der Waals surface area (Å²) in [6.45, 7) is 3.01. The molecule has 0 saturated carbocycles. The molecule has 1 aliphatic heterocycles. The van der Waals surface area contributed by atoms with E-state index in [2.05, 4.69) is 4.72 Å². The van der Waals surface area contributed by atoms with E-state index >= 15 is 0 Å². The van der Waals surface area contributed by atoms with Crippen LogP contribution in [0.2, 0.25) is 0 Å². The Morgan fingerprint density at radius 1 is 1.48 bits per heavy atom. The topological polar surface area (TPSA) is 96.3 Å². The number of benzene rings is 1. The number of carbonyl (C=O) groups excluding carboxylic acids is 1. The lowest BCUT2D eigenvalue weighted by atomic mass is 9.97. The molecule has 1 amide bonds. The van der Waals surface area contributed by atoms with E-state index in [4.69, 9.17) is 10.00 Å². The summed E-state index contributed by atoms with van der Waals surface area (Å²) in [7, 11) is -3.96. The summed E-state index contributed by atoms with van der Waals surface area (Å²) < 4.78 is 32.1. The zero-order valence-electron chi connectivity index (χ0n) is 13.0. The molecule has 0 bridgehead atoms. The SMILES string of the molecule is Cc1ccc(C#N)cc1S(=O)(=O)NC(=O)CCC1CCCOC1. The van der Waals surface area contributed by atoms with Gasteiger partial charge in [0.1, 0.15) is 0 Å². The van der Waals surface area contributed by atoms with Gasteiger partial charge in [0, 0.05) is 19.6 Å². The molecular formula is C16H20N2O4S. The van der Waals surface area contributed by atoms with Crippen LogP contribution in [0.5, 0.6) is 0 Å². The number of nitriles is 1. The largest absolute Gasteiger partial charge is 0.381 e. The van der Waals surface area contributed by atoms with E-state index in [0.29, 0.717) is 24.5 Å². The summed E-state index contributed by atoms with van der Waals surface area (Å²) in [6.07, 6.45) is 2.73. The average Bonchev–Trinajstić information content (AvgIpc) is 2.54. The van der Waals surface area contributed by atoms with Gasteiger partial charge >= 0.3 is 0 Å². The van der Waals surface area contributed by atoms with E-state index in [-0.39, 0.29) is 16.9 Å². The molecule has 1 aromatic carbocycles. The monoisotopic (exact) mass is 336 g/mol. The minimum atomic E-state index is -3.96. The first-order valence-electron chi connectivity index (χ1n) is 7.56. The summed E-state index contributed by atoms with van der Waals surface area (Å²) in [6, 6.07) is 6.27. The van der Waals surface area contributed by atoms with Crippen LogP contribution in [0.15, 0.2) is 23.1 Å². The molecular weight excluding hydrogens is 316 g/mol. The van der Waals surface area contributed by atoms with Gasteiger partial charge in [0.25, 0.3) is 10.0 Å². The second kappa shape index (κ2) is 7.57. The number of nitrogens with one attached hydrogen (secondary N) is 1. The highest BCUT2D eigenvalue weighted by molar-refractivity contribution is 7.90. The Labute approximate surface area is 136 Å². The number of rotatable bonds is 5. The lowest BCUT2D eigenvalue weighted by Gasteiger charge is -2.21. The summed E-state index contributed by atoms with van der Waals surface area (Å²) in [5.41, 5.74) is 0.729. The molecule has 124 valence electrons. The van der Waals surface area contributed by atoms with E-state index < -0.39 is 15.9 Å². The molecule has 1 saturated heterocycles. The zero-order valence-corrected chi connectivity index (χ0v) is 13.9. The van der Waals surface area contributed by atoms with Crippen molar-refractivity contribution in [3.63, 3.8) is 0 Å². The molecule has 2 rings (SSSR count). The van der Waals surface area contributed by atoms with Crippen molar-refractivity contribution in [2.24, 2.45) is 5.92 Å². The van der Waals surface area contributed by atoms with Crippen LogP contribution in [0.1, 0.15) is 36.8 Å². The first-order valence-corrected chi connectivity index (χ1v) is 9.05. The highest BCUT2D eigenvalue weighted by atomic mass is 32.2. The Morgan fingerprint density at radius 3 is 2.91 bits per heavy atom. The van der Waals surface area contributed by atoms with Crippen molar-refractivity contribution in [3.05, 3.63) is 29.3 Å². The highest BCUT2D eigenvalue weighted by Crippen LogP contribution is 2.20. The standard InChI is InChI=1S/C16H20N2O4S/c1-12-4-5-14(10-17)9-15(12)23(20,21)18-16(19)7-6-13-3-2-8-22-11-13/h4-5,9,13H,2-3,6-8,11H2,1H3,(H,18,19). The molecule has 1 fully saturated rings. The molecule has 0 aromatic heterocycles. The molecule has 0 radical (unpaired) electrons. The normalized spacial score (nSPS) is 18.2. The molecule has 23 heavy (non-hydrogen) atoms. The number of hydrogen-bond acceptors (Lipinski definition) is 5. The maximum absolute atomic E-state index is 12.3. The van der Waals surface area contributed by atoms with Crippen LogP contribution in [-0.2, 0) is 19.6 Å². The third kappa shape index (κ3) is 4.78. The zero-order chi connectivity index (χ0) is 16.9. The smallest absolute Gasteiger partial charge is 0.264 e. The van der Waals surface area contributed by atoms with E-state index in [1.54, 1.807) is 19.1 Å². The molecule has 0 aliphatic carbocycles. The summed E-state index contributed by atoms with van der Waals surface area (Å²) >= 11 is 0. The molecule has 1 unspecified atom stereocenters. The van der Waals surface area contributed by atoms with Crippen LogP contribution in [0.3, 0.4) is 0 Å². The number of ether oxygens (including phenoxy) is 1. The number of sulfonamides is 1. The molecule has 1 heterocycles. The van der Waals surface area contributed by atoms with E-state index in [9.17, 15) is 13.2 Å². The molecule has 0 spiro atoms. The van der Waals surface area contributed by atoms with Gasteiger partial charge in [0.05, 0.1) is 16.5 Å². The minimum absolute atomic E-state index is 0.0362. The highest BCUT2D eigenvalue weighted by Gasteiger charge is 2.22. The van der Waals surface area contributed by atoms with Crippen molar-refractivity contribution in [2.75, 3.05) is 13.2 Å². The van der Waals surface area contributed by atoms with Crippen LogP contribution in [0.4, 0.5) is 0 Å². The third-order valence-corrected chi connectivity index (χ3v) is 5.40. The van der Waals surface area contributed by atoms with Gasteiger partial charge in [-0.1, -0.05) is 6.07 Å². The second-order valence-electron chi connectivity index (χ2n) is 5.74. The van der Waals surface area contributed by atoms with Gasteiger partial charge in [0.15, 0.2) is 0 Å². The Bertz CT molecular complexity index is 716. The lowest BCUT2D eigenvalue weighted by Crippen LogP contribution is -2.31. The first kappa shape index (κ1) is 17.4. The van der Waals surface area contributed by atoms with E-state index in [0.717, 1.165) is 19.4 Å². The Balaban J connectivity index is 2.00. The fraction of sp³-hybridized carbons (Fsp3) is 0.500. The predicted molar refractivity (Wildman–Crippen MR) is 84.0 cm³/mol. The molecule has 1 N–H and O–H groups in total. The van der Waals surface area contributed by atoms with Crippen molar-refractivity contribution in [1.29, 1.82) is 5.26 Å². The molecule has 6 nitrogen and oxygen atoms in total. The van der Waals surface area contributed by atoms with Crippen LogP contribution in [-0.4, -0.2) is 27.5 Å². The Kier molecular flexibility index (Phi) is 5.74. The van der Waals surface area contributed by atoms with Gasteiger partial charge in [-0.2, -0.15) is 5.26 Å². The van der Waals surface area contributed by atoms with Crippen LogP contribution in [0, 0.1) is 24.2 Å².